The van der Waals surface area contributed by atoms with Crippen LogP contribution < -0.4 is 20.5 Å². The van der Waals surface area contributed by atoms with Crippen molar-refractivity contribution in [3.05, 3.63) is 53.1 Å². The average molecular weight is 478 g/mol. The number of benzene rings is 2. The highest BCUT2D eigenvalue weighted by molar-refractivity contribution is 7.92. The van der Waals surface area contributed by atoms with Gasteiger partial charge in [0.15, 0.2) is 0 Å². The van der Waals surface area contributed by atoms with E-state index < -0.39 is 33.3 Å². The van der Waals surface area contributed by atoms with Gasteiger partial charge in [0.25, 0.3) is 15.9 Å². The van der Waals surface area contributed by atoms with Crippen molar-refractivity contribution in [3.8, 4) is 17.6 Å². The van der Waals surface area contributed by atoms with Crippen molar-refractivity contribution in [2.75, 3.05) is 11.8 Å². The molecule has 8 nitrogen and oxygen atoms in total. The summed E-state index contributed by atoms with van der Waals surface area (Å²) >= 11 is 6.20. The summed E-state index contributed by atoms with van der Waals surface area (Å²) in [5.41, 5.74) is 5.30. The molecule has 0 aliphatic heterocycles. The third-order valence-corrected chi connectivity index (χ3v) is 6.02. The molecule has 0 spiro atoms. The zero-order valence-electron chi connectivity index (χ0n) is 18.0. The molecule has 2 rings (SSSR count). The zero-order chi connectivity index (χ0) is 24.1. The molecule has 0 saturated carbocycles. The minimum Gasteiger partial charge on any atom is -0.497 e. The average Bonchev–Trinajstić information content (AvgIpc) is 2.71. The first-order chi connectivity index (χ1) is 14.8. The lowest BCUT2D eigenvalue weighted by Crippen LogP contribution is -2.51. The van der Waals surface area contributed by atoms with Gasteiger partial charge in [-0.25, -0.2) is 8.42 Å². The zero-order valence-corrected chi connectivity index (χ0v) is 19.6. The second-order valence-electron chi connectivity index (χ2n) is 7.90. The fraction of sp³-hybridized carbons (Fsp3) is 0.273. The number of hydrogen-bond donors (Lipinski definition) is 3. The first-order valence-corrected chi connectivity index (χ1v) is 11.3. The van der Waals surface area contributed by atoms with E-state index in [0.717, 1.165) is 0 Å². The molecular formula is C22H24ClN3O5S. The monoisotopic (exact) mass is 477 g/mol. The molecule has 170 valence electrons. The molecule has 0 aromatic heterocycles. The molecule has 2 aromatic carbocycles. The first-order valence-electron chi connectivity index (χ1n) is 9.42. The van der Waals surface area contributed by atoms with Crippen LogP contribution in [-0.4, -0.2) is 33.4 Å². The first kappa shape index (κ1) is 25.0. The third kappa shape index (κ3) is 6.64. The topological polar surface area (TPSA) is 128 Å². The van der Waals surface area contributed by atoms with Crippen LogP contribution in [0.3, 0.4) is 0 Å². The smallest absolute Gasteiger partial charge is 0.296 e. The van der Waals surface area contributed by atoms with Crippen molar-refractivity contribution < 1.29 is 22.7 Å². The Morgan fingerprint density at radius 1 is 1.12 bits per heavy atom. The van der Waals surface area contributed by atoms with Crippen molar-refractivity contribution in [2.24, 2.45) is 11.1 Å². The summed E-state index contributed by atoms with van der Waals surface area (Å²) in [5.74, 6) is 4.18. The van der Waals surface area contributed by atoms with Crippen LogP contribution >= 0.6 is 11.6 Å². The quantitative estimate of drug-likeness (QED) is 0.551. The largest absolute Gasteiger partial charge is 0.497 e. The summed E-state index contributed by atoms with van der Waals surface area (Å²) in [5, 5.41) is 2.59. The molecule has 0 fully saturated rings. The van der Waals surface area contributed by atoms with Crippen LogP contribution in [0.2, 0.25) is 5.02 Å². The lowest BCUT2D eigenvalue weighted by molar-refractivity contribution is -0.127. The van der Waals surface area contributed by atoms with Crippen LogP contribution in [0.5, 0.6) is 5.75 Å². The number of rotatable bonds is 6. The molecule has 0 aliphatic carbocycles. The molecule has 0 aliphatic rings. The fourth-order valence-corrected chi connectivity index (χ4v) is 4.01. The van der Waals surface area contributed by atoms with E-state index in [1.807, 2.05) is 0 Å². The number of carbonyl (C=O) groups excluding carboxylic acids is 2. The van der Waals surface area contributed by atoms with Gasteiger partial charge >= 0.3 is 0 Å². The Kier molecular flexibility index (Phi) is 7.78. The van der Waals surface area contributed by atoms with E-state index in [2.05, 4.69) is 21.9 Å². The number of amides is 2. The van der Waals surface area contributed by atoms with Crippen molar-refractivity contribution in [1.29, 1.82) is 0 Å². The van der Waals surface area contributed by atoms with Gasteiger partial charge in [-0.3, -0.25) is 14.3 Å². The Morgan fingerprint density at radius 2 is 1.75 bits per heavy atom. The number of nitrogens with two attached hydrogens (primary N) is 1. The van der Waals surface area contributed by atoms with Gasteiger partial charge in [-0.15, -0.1) is 0 Å². The number of sulfonamides is 1. The second-order valence-corrected chi connectivity index (χ2v) is 9.99. The van der Waals surface area contributed by atoms with Crippen molar-refractivity contribution in [3.63, 3.8) is 0 Å². The molecule has 0 radical (unpaired) electrons. The standard InChI is InChI=1S/C22H24ClN3O5S/c1-22(2,3)20(21(24)28)25-19(27)12-6-14-5-11-18(17(23)13-14)26-32(29,30)16-9-7-15(31-4)8-10-16/h5,7-11,13,20,26H,1-4H3,(H2,24,28)(H,25,27). The second kappa shape index (κ2) is 9.94. The molecule has 2 amide bonds. The van der Waals surface area contributed by atoms with Gasteiger partial charge < -0.3 is 15.8 Å². The molecule has 4 N–H and O–H groups in total. The predicted octanol–water partition coefficient (Wildman–Crippen LogP) is 2.52. The highest BCUT2D eigenvalue weighted by atomic mass is 35.5. The minimum atomic E-state index is -3.87. The number of methoxy groups -OCH3 is 1. The van der Waals surface area contributed by atoms with Crippen LogP contribution in [0.25, 0.3) is 0 Å². The molecule has 0 bridgehead atoms. The van der Waals surface area contributed by atoms with Crippen LogP contribution in [0.1, 0.15) is 26.3 Å². The van der Waals surface area contributed by atoms with Crippen molar-refractivity contribution in [1.82, 2.24) is 5.32 Å². The minimum absolute atomic E-state index is 0.0396. The highest BCUT2D eigenvalue weighted by Crippen LogP contribution is 2.26. The molecule has 1 unspecified atom stereocenters. The maximum absolute atomic E-state index is 12.6. The number of carbonyl (C=O) groups is 2. The summed E-state index contributed by atoms with van der Waals surface area (Å²) in [7, 11) is -2.39. The van der Waals surface area contributed by atoms with E-state index >= 15 is 0 Å². The van der Waals surface area contributed by atoms with Crippen LogP contribution in [0, 0.1) is 17.3 Å². The SMILES string of the molecule is COc1ccc(S(=O)(=O)Nc2ccc(C#CC(=O)NC(C(N)=O)C(C)(C)C)cc2Cl)cc1. The van der Waals surface area contributed by atoms with Crippen LogP contribution in [0.15, 0.2) is 47.4 Å². The number of ether oxygens (including phenoxy) is 1. The lowest BCUT2D eigenvalue weighted by atomic mass is 9.86. The van der Waals surface area contributed by atoms with Gasteiger partial charge in [0.2, 0.25) is 5.91 Å². The Balaban J connectivity index is 2.15. The van der Waals surface area contributed by atoms with Gasteiger partial charge in [-0.1, -0.05) is 38.3 Å². The normalized spacial score (nSPS) is 12.2. The fourth-order valence-electron chi connectivity index (χ4n) is 2.64. The number of anilines is 1. The Bertz CT molecular complexity index is 1180. The summed E-state index contributed by atoms with van der Waals surface area (Å²) in [6.07, 6.45) is 0. The van der Waals surface area contributed by atoms with E-state index in [9.17, 15) is 18.0 Å². The number of hydrogen-bond acceptors (Lipinski definition) is 5. The van der Waals surface area contributed by atoms with Crippen molar-refractivity contribution in [2.45, 2.75) is 31.7 Å². The maximum Gasteiger partial charge on any atom is 0.296 e. The summed E-state index contributed by atoms with van der Waals surface area (Å²) in [4.78, 5) is 23.7. The Morgan fingerprint density at radius 3 is 2.25 bits per heavy atom. The highest BCUT2D eigenvalue weighted by Gasteiger charge is 2.30. The summed E-state index contributed by atoms with van der Waals surface area (Å²) < 4.78 is 32.6. The van der Waals surface area contributed by atoms with E-state index in [1.165, 1.54) is 49.6 Å². The van der Waals surface area contributed by atoms with E-state index in [4.69, 9.17) is 22.1 Å². The van der Waals surface area contributed by atoms with E-state index in [-0.39, 0.29) is 15.6 Å². The molecule has 2 aromatic rings. The van der Waals surface area contributed by atoms with Crippen molar-refractivity contribution >= 4 is 39.1 Å². The van der Waals surface area contributed by atoms with Gasteiger partial charge in [0.05, 0.1) is 22.7 Å². The number of halogens is 1. The number of primary amides is 1. The third-order valence-electron chi connectivity index (χ3n) is 4.33. The van der Waals surface area contributed by atoms with Gasteiger partial charge in [-0.05, 0) is 47.9 Å². The molecule has 0 saturated heterocycles. The molecule has 32 heavy (non-hydrogen) atoms. The molecule has 10 heteroatoms. The van der Waals surface area contributed by atoms with E-state index in [0.29, 0.717) is 11.3 Å². The maximum atomic E-state index is 12.6. The van der Waals surface area contributed by atoms with Gasteiger partial charge in [-0.2, -0.15) is 0 Å². The molecule has 0 heterocycles. The van der Waals surface area contributed by atoms with Crippen LogP contribution in [-0.2, 0) is 19.6 Å². The van der Waals surface area contributed by atoms with E-state index in [1.54, 1.807) is 20.8 Å². The molecule has 1 atom stereocenters. The number of nitrogens with one attached hydrogen (secondary N) is 2. The summed E-state index contributed by atoms with van der Waals surface area (Å²) in [6.45, 7) is 5.30. The van der Waals surface area contributed by atoms with Crippen LogP contribution in [0.4, 0.5) is 5.69 Å². The van der Waals surface area contributed by atoms with Gasteiger partial charge in [0.1, 0.15) is 11.8 Å². The Labute approximate surface area is 192 Å². The Hall–Kier alpha value is -3.22. The summed E-state index contributed by atoms with van der Waals surface area (Å²) in [6, 6.07) is 9.35. The van der Waals surface area contributed by atoms with Gasteiger partial charge in [0, 0.05) is 11.5 Å². The lowest BCUT2D eigenvalue weighted by Gasteiger charge is -2.27. The predicted molar refractivity (Wildman–Crippen MR) is 123 cm³/mol. The molecular weight excluding hydrogens is 454 g/mol.